The van der Waals surface area contributed by atoms with Crippen LogP contribution in [0.15, 0.2) is 15.8 Å². The van der Waals surface area contributed by atoms with Gasteiger partial charge in [0.05, 0.1) is 0 Å². The van der Waals surface area contributed by atoms with Crippen molar-refractivity contribution in [2.45, 2.75) is 51.5 Å². The summed E-state index contributed by atoms with van der Waals surface area (Å²) in [6.45, 7) is 0.603. The fourth-order valence-electron chi connectivity index (χ4n) is 1.93. The number of nitrogens with one attached hydrogen (secondary N) is 1. The molecule has 0 saturated carbocycles. The summed E-state index contributed by atoms with van der Waals surface area (Å²) in [5.74, 6) is 0.968. The zero-order valence-electron chi connectivity index (χ0n) is 11.0. The van der Waals surface area contributed by atoms with E-state index in [0.717, 1.165) is 18.6 Å². The summed E-state index contributed by atoms with van der Waals surface area (Å²) < 4.78 is 1.46. The fraction of sp³-hybridized carbons (Fsp3) is 0.692. The molecule has 0 unspecified atom stereocenters. The molecule has 0 aliphatic carbocycles. The van der Waals surface area contributed by atoms with Crippen LogP contribution >= 0.6 is 24.2 Å². The van der Waals surface area contributed by atoms with Crippen molar-refractivity contribution >= 4 is 24.2 Å². The smallest absolute Gasteiger partial charge is 0.299 e. The molecule has 0 spiro atoms. The molecule has 108 valence electrons. The van der Waals surface area contributed by atoms with Gasteiger partial charge < -0.3 is 0 Å². The molecule has 1 aromatic heterocycles. The number of hydrogen-bond donors (Lipinski definition) is 2. The van der Waals surface area contributed by atoms with Gasteiger partial charge in [-0.15, -0.1) is 0 Å². The predicted molar refractivity (Wildman–Crippen MR) is 82.5 cm³/mol. The second-order valence-electron chi connectivity index (χ2n) is 4.63. The highest BCUT2D eigenvalue weighted by atomic mass is 35.5. The Morgan fingerprint density at radius 1 is 1.05 bits per heavy atom. The zero-order valence-corrected chi connectivity index (χ0v) is 12.7. The van der Waals surface area contributed by atoms with Gasteiger partial charge in [-0.25, -0.2) is 4.79 Å². The molecule has 0 radical (unpaired) electrons. The Morgan fingerprint density at radius 3 is 2.26 bits per heavy atom. The molecule has 0 saturated heterocycles. The maximum absolute atomic E-state index is 11.5. The molecule has 1 rings (SSSR count). The van der Waals surface area contributed by atoms with Crippen molar-refractivity contribution in [2.24, 2.45) is 0 Å². The summed E-state index contributed by atoms with van der Waals surface area (Å²) in [6, 6.07) is 0. The van der Waals surface area contributed by atoms with Gasteiger partial charge in [0.1, 0.15) is 5.02 Å². The molecule has 0 aliphatic rings. The Labute approximate surface area is 123 Å². The molecule has 1 N–H and O–H groups in total. The number of thiol groups is 1. The predicted octanol–water partition coefficient (Wildman–Crippen LogP) is 2.85. The number of hydrogen-bond acceptors (Lipinski definition) is 3. The first-order valence-electron chi connectivity index (χ1n) is 6.75. The lowest BCUT2D eigenvalue weighted by molar-refractivity contribution is 0.537. The van der Waals surface area contributed by atoms with Crippen molar-refractivity contribution < 1.29 is 0 Å². The van der Waals surface area contributed by atoms with Gasteiger partial charge in [-0.2, -0.15) is 12.6 Å². The summed E-state index contributed by atoms with van der Waals surface area (Å²) in [5.41, 5.74) is -0.907. The van der Waals surface area contributed by atoms with Crippen molar-refractivity contribution in [3.05, 3.63) is 32.1 Å². The fourth-order valence-corrected chi connectivity index (χ4v) is 2.32. The van der Waals surface area contributed by atoms with Gasteiger partial charge in [0.15, 0.2) is 0 Å². The highest BCUT2D eigenvalue weighted by Gasteiger charge is 2.01. The molecule has 0 fully saturated rings. The Kier molecular flexibility index (Phi) is 7.98. The van der Waals surface area contributed by atoms with Crippen molar-refractivity contribution in [3.63, 3.8) is 0 Å². The van der Waals surface area contributed by atoms with Gasteiger partial charge in [0.25, 0.3) is 5.56 Å². The van der Waals surface area contributed by atoms with Crippen molar-refractivity contribution in [1.82, 2.24) is 9.55 Å². The molecule has 1 aromatic rings. The van der Waals surface area contributed by atoms with Crippen molar-refractivity contribution in [3.8, 4) is 0 Å². The van der Waals surface area contributed by atoms with Crippen LogP contribution in [0.5, 0.6) is 0 Å². The number of rotatable bonds is 9. The second-order valence-corrected chi connectivity index (χ2v) is 5.48. The normalized spacial score (nSPS) is 10.8. The zero-order chi connectivity index (χ0) is 14.1. The van der Waals surface area contributed by atoms with E-state index < -0.39 is 5.56 Å². The molecule has 4 nitrogen and oxygen atoms in total. The summed E-state index contributed by atoms with van der Waals surface area (Å²) in [4.78, 5) is 24.8. The van der Waals surface area contributed by atoms with Crippen LogP contribution < -0.4 is 11.2 Å². The van der Waals surface area contributed by atoms with Crippen LogP contribution in [0.3, 0.4) is 0 Å². The lowest BCUT2D eigenvalue weighted by atomic mass is 10.1. The Hall–Kier alpha value is -0.680. The minimum atomic E-state index is -0.521. The van der Waals surface area contributed by atoms with Crippen LogP contribution in [0.25, 0.3) is 0 Å². The van der Waals surface area contributed by atoms with Gasteiger partial charge in [-0.1, -0.05) is 43.7 Å². The Morgan fingerprint density at radius 2 is 1.63 bits per heavy atom. The van der Waals surface area contributed by atoms with Gasteiger partial charge >= 0.3 is 5.69 Å². The first-order valence-corrected chi connectivity index (χ1v) is 7.76. The number of unbranched alkanes of at least 4 members (excludes halogenated alkanes) is 6. The van der Waals surface area contributed by atoms with E-state index in [-0.39, 0.29) is 10.7 Å². The van der Waals surface area contributed by atoms with E-state index in [0.29, 0.717) is 6.54 Å². The molecule has 0 bridgehead atoms. The minimum Gasteiger partial charge on any atom is -0.299 e. The number of H-pyrrole nitrogens is 1. The third kappa shape index (κ3) is 6.34. The topological polar surface area (TPSA) is 54.9 Å². The number of aryl methyl sites for hydroxylation is 1. The molecular formula is C13H21ClN2O2S. The van der Waals surface area contributed by atoms with Gasteiger partial charge in [0.2, 0.25) is 0 Å². The minimum absolute atomic E-state index is 0.0614. The molecule has 0 aromatic carbocycles. The van der Waals surface area contributed by atoms with E-state index in [1.807, 2.05) is 0 Å². The molecule has 1 heterocycles. The van der Waals surface area contributed by atoms with E-state index in [2.05, 4.69) is 17.6 Å². The van der Waals surface area contributed by atoms with E-state index in [4.69, 9.17) is 11.6 Å². The first-order chi connectivity index (χ1) is 9.15. The van der Waals surface area contributed by atoms with Crippen molar-refractivity contribution in [2.75, 3.05) is 5.75 Å². The van der Waals surface area contributed by atoms with Gasteiger partial charge in [-0.05, 0) is 18.6 Å². The van der Waals surface area contributed by atoms with Crippen LogP contribution in [0.2, 0.25) is 5.02 Å². The largest absolute Gasteiger partial charge is 0.328 e. The summed E-state index contributed by atoms with van der Waals surface area (Å²) >= 11 is 9.86. The monoisotopic (exact) mass is 304 g/mol. The summed E-state index contributed by atoms with van der Waals surface area (Å²) in [6.07, 6.45) is 9.53. The number of halogens is 1. The van der Waals surface area contributed by atoms with E-state index in [9.17, 15) is 9.59 Å². The number of aromatic amines is 1. The number of aromatic nitrogens is 2. The standard InChI is InChI=1S/C13H21ClN2O2S/c14-11-10-16(13(18)15-12(11)17)8-6-4-2-1-3-5-7-9-19/h10,19H,1-9H2,(H,15,17,18). The van der Waals surface area contributed by atoms with E-state index in [1.54, 1.807) is 0 Å². The summed E-state index contributed by atoms with van der Waals surface area (Å²) in [5, 5.41) is 0.0614. The Balaban J connectivity index is 2.21. The van der Waals surface area contributed by atoms with Crippen LogP contribution in [0.1, 0.15) is 44.9 Å². The van der Waals surface area contributed by atoms with Crippen LogP contribution in [0, 0.1) is 0 Å². The molecule has 0 atom stereocenters. The van der Waals surface area contributed by atoms with E-state index >= 15 is 0 Å². The summed E-state index contributed by atoms with van der Waals surface area (Å²) in [7, 11) is 0. The highest BCUT2D eigenvalue weighted by molar-refractivity contribution is 7.80. The van der Waals surface area contributed by atoms with E-state index in [1.165, 1.54) is 42.9 Å². The van der Waals surface area contributed by atoms with Crippen LogP contribution in [0.4, 0.5) is 0 Å². The first kappa shape index (κ1) is 16.4. The Bertz CT molecular complexity index is 484. The molecule has 0 aliphatic heterocycles. The molecular weight excluding hydrogens is 284 g/mol. The lowest BCUT2D eigenvalue weighted by Crippen LogP contribution is -2.29. The molecule has 0 amide bonds. The third-order valence-electron chi connectivity index (χ3n) is 3.02. The van der Waals surface area contributed by atoms with Gasteiger partial charge in [0, 0.05) is 12.7 Å². The maximum Gasteiger partial charge on any atom is 0.328 e. The second kappa shape index (κ2) is 9.26. The van der Waals surface area contributed by atoms with Crippen LogP contribution in [-0.2, 0) is 6.54 Å². The SMILES string of the molecule is O=c1[nH]c(=O)n(CCCCCCCCCS)cc1Cl. The quantitative estimate of drug-likeness (QED) is 0.544. The highest BCUT2D eigenvalue weighted by Crippen LogP contribution is 2.08. The van der Waals surface area contributed by atoms with Crippen molar-refractivity contribution in [1.29, 1.82) is 0 Å². The lowest BCUT2D eigenvalue weighted by Gasteiger charge is -2.05. The maximum atomic E-state index is 11.5. The molecule has 6 heteroatoms. The van der Waals surface area contributed by atoms with Crippen LogP contribution in [-0.4, -0.2) is 15.3 Å². The van der Waals surface area contributed by atoms with Gasteiger partial charge in [-0.3, -0.25) is 14.3 Å². The number of nitrogens with zero attached hydrogens (tertiary/aromatic N) is 1. The molecule has 19 heavy (non-hydrogen) atoms. The average Bonchev–Trinajstić information content (AvgIpc) is 2.38. The average molecular weight is 305 g/mol. The third-order valence-corrected chi connectivity index (χ3v) is 3.61.